The van der Waals surface area contributed by atoms with Gasteiger partial charge in [0, 0.05) is 11.3 Å². The lowest BCUT2D eigenvalue weighted by Gasteiger charge is -2.01. The zero-order chi connectivity index (χ0) is 8.43. The van der Waals surface area contributed by atoms with Crippen LogP contribution < -0.4 is 5.73 Å². The van der Waals surface area contributed by atoms with Crippen LogP contribution in [0.2, 0.25) is 0 Å². The predicted octanol–water partition coefficient (Wildman–Crippen LogP) is 0.680. The van der Waals surface area contributed by atoms with Gasteiger partial charge in [-0.25, -0.2) is 8.78 Å². The molecule has 0 aliphatic rings. The number of nitrogen functional groups attached to an aromatic ring is 1. The van der Waals surface area contributed by atoms with E-state index in [0.717, 1.165) is 12.1 Å². The Balaban J connectivity index is 3.25. The van der Waals surface area contributed by atoms with Crippen LogP contribution in [0.4, 0.5) is 14.5 Å². The summed E-state index contributed by atoms with van der Waals surface area (Å²) in [6, 6.07) is 2.25. The first-order valence-corrected chi connectivity index (χ1v) is 3.38. The number of benzene rings is 1. The molecule has 0 saturated heterocycles. The summed E-state index contributed by atoms with van der Waals surface area (Å²) in [7, 11) is 1.69. The van der Waals surface area contributed by atoms with Crippen molar-refractivity contribution in [2.75, 3.05) is 5.73 Å². The second kappa shape index (κ2) is 2.90. The second-order valence-corrected chi connectivity index (χ2v) is 2.32. The van der Waals surface area contributed by atoms with Crippen LogP contribution in [0.5, 0.6) is 0 Å². The molecule has 0 bridgehead atoms. The molecular weight excluding hydrogens is 147 g/mol. The van der Waals surface area contributed by atoms with Crippen molar-refractivity contribution in [1.29, 1.82) is 0 Å². The third-order valence-electron chi connectivity index (χ3n) is 1.52. The summed E-state index contributed by atoms with van der Waals surface area (Å²) in [6.07, 6.45) is 0.345. The summed E-state index contributed by atoms with van der Waals surface area (Å²) in [4.78, 5) is 0. The average Bonchev–Trinajstić information content (AvgIpc) is 1.85. The van der Waals surface area contributed by atoms with Gasteiger partial charge in [-0.3, -0.25) is 0 Å². The summed E-state index contributed by atoms with van der Waals surface area (Å²) >= 11 is 0. The first kappa shape index (κ1) is 8.05. The summed E-state index contributed by atoms with van der Waals surface area (Å²) in [5.41, 5.74) is 5.42. The zero-order valence-corrected chi connectivity index (χ0v) is 6.20. The SMILES string of the molecule is BCc1c(F)cc(N)cc1F. The monoisotopic (exact) mass is 155 g/mol. The van der Waals surface area contributed by atoms with Gasteiger partial charge >= 0.3 is 0 Å². The van der Waals surface area contributed by atoms with Crippen LogP contribution in [0.1, 0.15) is 5.56 Å². The number of hydrogen-bond acceptors (Lipinski definition) is 1. The normalized spacial score (nSPS) is 10.0. The highest BCUT2D eigenvalue weighted by Gasteiger charge is 2.06. The fraction of sp³-hybridized carbons (Fsp3) is 0.143. The van der Waals surface area contributed by atoms with Crippen molar-refractivity contribution >= 4 is 13.5 Å². The summed E-state index contributed by atoms with van der Waals surface area (Å²) < 4.78 is 25.6. The number of hydrogen-bond donors (Lipinski definition) is 1. The molecule has 0 unspecified atom stereocenters. The van der Waals surface area contributed by atoms with E-state index in [1.807, 2.05) is 0 Å². The number of nitrogens with two attached hydrogens (primary N) is 1. The Morgan fingerprint density at radius 3 is 2.09 bits per heavy atom. The Kier molecular flexibility index (Phi) is 2.12. The maximum absolute atomic E-state index is 12.8. The first-order chi connectivity index (χ1) is 5.15. The molecule has 4 heteroatoms. The highest BCUT2D eigenvalue weighted by Crippen LogP contribution is 2.15. The third kappa shape index (κ3) is 1.50. The van der Waals surface area contributed by atoms with Crippen molar-refractivity contribution in [3.05, 3.63) is 29.3 Å². The molecule has 1 nitrogen and oxygen atoms in total. The summed E-state index contributed by atoms with van der Waals surface area (Å²) in [5, 5.41) is 0. The molecular formula is C7H8BF2N. The van der Waals surface area contributed by atoms with E-state index >= 15 is 0 Å². The van der Waals surface area contributed by atoms with Gasteiger partial charge in [0.2, 0.25) is 0 Å². The minimum Gasteiger partial charge on any atom is -0.399 e. The van der Waals surface area contributed by atoms with E-state index in [4.69, 9.17) is 5.73 Å². The van der Waals surface area contributed by atoms with E-state index in [1.165, 1.54) is 0 Å². The van der Waals surface area contributed by atoms with Crippen molar-refractivity contribution in [2.24, 2.45) is 0 Å². The Morgan fingerprint density at radius 2 is 1.73 bits per heavy atom. The van der Waals surface area contributed by atoms with E-state index < -0.39 is 11.6 Å². The fourth-order valence-corrected chi connectivity index (χ4v) is 0.960. The minimum absolute atomic E-state index is 0.0965. The van der Waals surface area contributed by atoms with Crippen LogP contribution in [0.3, 0.4) is 0 Å². The molecule has 0 spiro atoms. The van der Waals surface area contributed by atoms with Gasteiger partial charge in [0.25, 0.3) is 0 Å². The van der Waals surface area contributed by atoms with E-state index in [0.29, 0.717) is 6.32 Å². The Hall–Kier alpha value is -1.06. The number of anilines is 1. The maximum atomic E-state index is 12.8. The van der Waals surface area contributed by atoms with Crippen molar-refractivity contribution in [1.82, 2.24) is 0 Å². The molecule has 0 aromatic heterocycles. The number of halogens is 2. The molecule has 1 aromatic carbocycles. The van der Waals surface area contributed by atoms with Gasteiger partial charge in [0.15, 0.2) is 0 Å². The molecule has 0 heterocycles. The highest BCUT2D eigenvalue weighted by molar-refractivity contribution is 6.08. The van der Waals surface area contributed by atoms with Gasteiger partial charge < -0.3 is 5.73 Å². The minimum atomic E-state index is -0.565. The van der Waals surface area contributed by atoms with E-state index in [1.54, 1.807) is 7.85 Å². The Labute approximate surface area is 64.6 Å². The molecule has 1 rings (SSSR count). The third-order valence-corrected chi connectivity index (χ3v) is 1.52. The largest absolute Gasteiger partial charge is 0.399 e. The van der Waals surface area contributed by atoms with Crippen LogP contribution in [-0.4, -0.2) is 7.85 Å². The lowest BCUT2D eigenvalue weighted by molar-refractivity contribution is 0.567. The number of rotatable bonds is 1. The van der Waals surface area contributed by atoms with Gasteiger partial charge in [-0.2, -0.15) is 0 Å². The first-order valence-electron chi connectivity index (χ1n) is 3.38. The highest BCUT2D eigenvalue weighted by atomic mass is 19.1. The fourth-order valence-electron chi connectivity index (χ4n) is 0.960. The van der Waals surface area contributed by atoms with Gasteiger partial charge in [-0.15, -0.1) is 0 Å². The summed E-state index contributed by atoms with van der Waals surface area (Å²) in [5.74, 6) is -1.13. The second-order valence-electron chi connectivity index (χ2n) is 2.32. The van der Waals surface area contributed by atoms with E-state index in [9.17, 15) is 8.78 Å². The van der Waals surface area contributed by atoms with Crippen molar-refractivity contribution in [2.45, 2.75) is 6.32 Å². The quantitative estimate of drug-likeness (QED) is 0.468. The molecule has 0 saturated carbocycles. The van der Waals surface area contributed by atoms with Crippen LogP contribution in [0.15, 0.2) is 12.1 Å². The van der Waals surface area contributed by atoms with Crippen LogP contribution in [0.25, 0.3) is 0 Å². The molecule has 2 N–H and O–H groups in total. The molecule has 0 radical (unpaired) electrons. The lowest BCUT2D eigenvalue weighted by Crippen LogP contribution is -1.98. The molecule has 11 heavy (non-hydrogen) atoms. The van der Waals surface area contributed by atoms with Crippen molar-refractivity contribution in [3.8, 4) is 0 Å². The molecule has 0 aliphatic heterocycles. The standard InChI is InChI=1S/C7H8BF2N/c8-3-5-6(9)1-4(11)2-7(5)10/h1-2H,3,8,11H2. The van der Waals surface area contributed by atoms with E-state index in [2.05, 4.69) is 0 Å². The van der Waals surface area contributed by atoms with Gasteiger partial charge in [0.1, 0.15) is 19.5 Å². The Morgan fingerprint density at radius 1 is 1.27 bits per heavy atom. The van der Waals surface area contributed by atoms with Gasteiger partial charge in [-0.05, 0) is 12.1 Å². The van der Waals surface area contributed by atoms with Gasteiger partial charge in [0.05, 0.1) is 0 Å². The van der Waals surface area contributed by atoms with Crippen LogP contribution >= 0.6 is 0 Å². The average molecular weight is 155 g/mol. The molecule has 0 fully saturated rings. The van der Waals surface area contributed by atoms with Crippen molar-refractivity contribution < 1.29 is 8.78 Å². The van der Waals surface area contributed by atoms with Crippen molar-refractivity contribution in [3.63, 3.8) is 0 Å². The summed E-state index contributed by atoms with van der Waals surface area (Å²) in [6.45, 7) is 0. The van der Waals surface area contributed by atoms with Crippen LogP contribution in [0, 0.1) is 11.6 Å². The predicted molar refractivity (Wildman–Crippen MR) is 43.0 cm³/mol. The molecule has 0 atom stereocenters. The molecule has 0 amide bonds. The van der Waals surface area contributed by atoms with Gasteiger partial charge in [-0.1, -0.05) is 6.32 Å². The zero-order valence-electron chi connectivity index (χ0n) is 6.20. The van der Waals surface area contributed by atoms with E-state index in [-0.39, 0.29) is 11.3 Å². The molecule has 0 aliphatic carbocycles. The maximum Gasteiger partial charge on any atom is 0.130 e. The molecule has 1 aromatic rings. The Bertz CT molecular complexity index is 252. The topological polar surface area (TPSA) is 26.0 Å². The van der Waals surface area contributed by atoms with Crippen LogP contribution in [-0.2, 0) is 6.32 Å². The lowest BCUT2D eigenvalue weighted by atomic mass is 9.96. The smallest absolute Gasteiger partial charge is 0.130 e. The molecule has 58 valence electrons.